The third kappa shape index (κ3) is 7.02. The van der Waals surface area contributed by atoms with Gasteiger partial charge in [0.25, 0.3) is 0 Å². The Labute approximate surface area is 460 Å². The lowest BCUT2D eigenvalue weighted by molar-refractivity contribution is 1.14. The molecule has 3 aliphatic heterocycles. The Hall–Kier alpha value is -8.66. The molecule has 0 bridgehead atoms. The van der Waals surface area contributed by atoms with Gasteiger partial charge in [-0.15, -0.1) is 11.3 Å². The molecule has 8 heteroatoms. The van der Waals surface area contributed by atoms with Crippen LogP contribution in [0.5, 0.6) is 0 Å². The van der Waals surface area contributed by atoms with E-state index in [4.69, 9.17) is 0 Å². The Morgan fingerprint density at radius 3 is 1.53 bits per heavy atom. The van der Waals surface area contributed by atoms with Gasteiger partial charge >= 0.3 is 6.85 Å². The van der Waals surface area contributed by atoms with Gasteiger partial charge in [0.2, 0.25) is 0 Å². The van der Waals surface area contributed by atoms with Gasteiger partial charge in [0.1, 0.15) is 0 Å². The monoisotopic (exact) mass is 1040 g/mol. The molecule has 0 aliphatic carbocycles. The van der Waals surface area contributed by atoms with Crippen LogP contribution in [-0.4, -0.2) is 11.3 Å². The van der Waals surface area contributed by atoms with Crippen LogP contribution in [0, 0.1) is 6.92 Å². The molecule has 4 nitrogen and oxygen atoms in total. The van der Waals surface area contributed by atoms with Gasteiger partial charge < -0.3 is 19.2 Å². The molecule has 0 spiro atoms. The van der Waals surface area contributed by atoms with Crippen molar-refractivity contribution in [3.05, 3.63) is 260 Å². The van der Waals surface area contributed by atoms with Crippen LogP contribution in [0.1, 0.15) is 5.56 Å². The minimum absolute atomic E-state index is 0.170. The smallest absolute Gasteiger partial charge is 0.333 e. The van der Waals surface area contributed by atoms with Gasteiger partial charge in [-0.25, -0.2) is 0 Å². The number of hydrogen-bond acceptors (Lipinski definition) is 6. The fourth-order valence-corrected chi connectivity index (χ4v) is 15.9. The molecule has 362 valence electrons. The highest BCUT2D eigenvalue weighted by Gasteiger charge is 2.45. The van der Waals surface area contributed by atoms with Crippen molar-refractivity contribution in [2.24, 2.45) is 0 Å². The Morgan fingerprint density at radius 2 is 0.909 bits per heavy atom. The number of hydrogen-bond donors (Lipinski definition) is 0. The van der Waals surface area contributed by atoms with Crippen molar-refractivity contribution in [3.63, 3.8) is 0 Å². The number of nitrogens with zero attached hydrogens (tertiary/aromatic N) is 4. The molecule has 13 aromatic rings. The van der Waals surface area contributed by atoms with E-state index >= 15 is 0 Å². The quantitative estimate of drug-likeness (QED) is 0.140. The molecule has 16 rings (SSSR count). The molecule has 3 aliphatic rings. The van der Waals surface area contributed by atoms with Crippen molar-refractivity contribution < 1.29 is 0 Å². The van der Waals surface area contributed by atoms with E-state index in [0.29, 0.717) is 0 Å². The van der Waals surface area contributed by atoms with Crippen LogP contribution in [0.15, 0.2) is 274 Å². The summed E-state index contributed by atoms with van der Waals surface area (Å²) in [5, 5.41) is 2.54. The summed E-state index contributed by atoms with van der Waals surface area (Å²) in [5.41, 5.74) is 21.3. The lowest BCUT2D eigenvalue weighted by Crippen LogP contribution is -2.57. The van der Waals surface area contributed by atoms with Gasteiger partial charge in [0.05, 0.1) is 15.9 Å². The van der Waals surface area contributed by atoms with Crippen LogP contribution in [-0.2, 0) is 0 Å². The highest BCUT2D eigenvalue weighted by atomic mass is 32.2. The second-order valence-corrected chi connectivity index (χ2v) is 23.3. The maximum absolute atomic E-state index is 2.76. The molecule has 0 saturated carbocycles. The first kappa shape index (κ1) is 44.6. The Morgan fingerprint density at radius 1 is 0.377 bits per heavy atom. The molecule has 11 aromatic carbocycles. The molecule has 0 N–H and O–H groups in total. The summed E-state index contributed by atoms with van der Waals surface area (Å²) in [6.45, 7) is 2.05. The lowest BCUT2D eigenvalue weighted by atomic mass is 9.45. The van der Waals surface area contributed by atoms with Crippen molar-refractivity contribution in [1.82, 2.24) is 4.48 Å². The van der Waals surface area contributed by atoms with Gasteiger partial charge in [-0.3, -0.25) is 0 Å². The van der Waals surface area contributed by atoms with Crippen molar-refractivity contribution in [3.8, 4) is 22.3 Å². The van der Waals surface area contributed by atoms with Gasteiger partial charge in [-0.2, -0.15) is 0 Å². The van der Waals surface area contributed by atoms with E-state index in [0.717, 1.165) is 45.5 Å². The molecular weight excluding hydrogens is 992 g/mol. The number of anilines is 9. The number of aryl methyl sites for hydroxylation is 1. The zero-order valence-electron chi connectivity index (χ0n) is 41.8. The SMILES string of the molecule is Cc1ccc(N2c3cc4c(cc3B3c5c(cc(N(c6ccccc6)c6ccccc6)cc52)-c2cc(N(c5ccccc5)c5ccccc5)cc5c6sc7ccccc7c6n3c25)Sc2ccccc2S4)c(-c2ccccc2)c1. The van der Waals surface area contributed by atoms with Crippen molar-refractivity contribution in [1.29, 1.82) is 0 Å². The third-order valence-electron chi connectivity index (χ3n) is 15.6. The van der Waals surface area contributed by atoms with E-state index in [-0.39, 0.29) is 6.85 Å². The lowest BCUT2D eigenvalue weighted by Gasteiger charge is -2.43. The van der Waals surface area contributed by atoms with Gasteiger partial charge in [0.15, 0.2) is 0 Å². The van der Waals surface area contributed by atoms with Crippen LogP contribution in [0.4, 0.5) is 51.2 Å². The van der Waals surface area contributed by atoms with E-state index < -0.39 is 0 Å². The molecule has 0 unspecified atom stereocenters. The summed E-state index contributed by atoms with van der Waals surface area (Å²) >= 11 is 5.71. The summed E-state index contributed by atoms with van der Waals surface area (Å²) in [4.78, 5) is 12.7. The number of aromatic nitrogens is 1. The first-order valence-electron chi connectivity index (χ1n) is 26.2. The average molecular weight is 1040 g/mol. The van der Waals surface area contributed by atoms with Crippen molar-refractivity contribution in [2.45, 2.75) is 26.5 Å². The van der Waals surface area contributed by atoms with Crippen LogP contribution in [0.2, 0.25) is 0 Å². The van der Waals surface area contributed by atoms with E-state index in [1.54, 1.807) is 0 Å². The standard InChI is InChI=1S/C69H45BN4S3/c1-44-35-36-58(53(37-44)45-21-7-2-8-22-45)73-59-43-65-64(75-62-33-19-20-34-63(62)76-65)42-57(59)70-66-54(38-51(41-60(66)73)72(48-27-13-5-14-28-48)49-29-15-6-16-30-49)55-39-50(71(46-23-9-3-10-24-46)47-25-11-4-12-26-47)40-56-67(55)74(70)68-52-31-17-18-32-61(52)77-69(56)68/h2-43H,1H3. The molecule has 0 atom stereocenters. The topological polar surface area (TPSA) is 14.7 Å². The number of rotatable bonds is 8. The predicted octanol–water partition coefficient (Wildman–Crippen LogP) is 19.0. The van der Waals surface area contributed by atoms with Gasteiger partial charge in [-0.1, -0.05) is 169 Å². The minimum atomic E-state index is -0.170. The summed E-state index contributed by atoms with van der Waals surface area (Å²) in [6, 6.07) is 94.6. The van der Waals surface area contributed by atoms with E-state index in [1.165, 1.54) is 95.2 Å². The molecule has 0 radical (unpaired) electrons. The fraction of sp³-hybridized carbons (Fsp3) is 0.0145. The number of benzene rings is 11. The maximum Gasteiger partial charge on any atom is 0.333 e. The zero-order valence-corrected chi connectivity index (χ0v) is 44.3. The molecule has 0 saturated heterocycles. The number of para-hydroxylation sites is 4. The summed E-state index contributed by atoms with van der Waals surface area (Å²) in [7, 11) is 0. The predicted molar refractivity (Wildman–Crippen MR) is 330 cm³/mol. The van der Waals surface area contributed by atoms with Crippen molar-refractivity contribution in [2.75, 3.05) is 14.7 Å². The Bertz CT molecular complexity index is 4410. The van der Waals surface area contributed by atoms with Crippen LogP contribution in [0.3, 0.4) is 0 Å². The second-order valence-electron chi connectivity index (χ2n) is 20.1. The maximum atomic E-state index is 2.76. The largest absolute Gasteiger partial charge is 0.374 e. The molecule has 0 fully saturated rings. The normalized spacial score (nSPS) is 12.8. The summed E-state index contributed by atoms with van der Waals surface area (Å²) in [6.07, 6.45) is 0. The van der Waals surface area contributed by atoms with Crippen LogP contribution in [0.25, 0.3) is 53.5 Å². The average Bonchev–Trinajstić information content (AvgIpc) is 3.89. The Balaban J connectivity index is 1.09. The minimum Gasteiger partial charge on any atom is -0.374 e. The zero-order chi connectivity index (χ0) is 50.7. The first-order valence-corrected chi connectivity index (χ1v) is 28.6. The van der Waals surface area contributed by atoms with Crippen LogP contribution >= 0.6 is 34.9 Å². The van der Waals surface area contributed by atoms with E-state index in [1.807, 2.05) is 34.9 Å². The van der Waals surface area contributed by atoms with Crippen molar-refractivity contribution >= 4 is 135 Å². The van der Waals surface area contributed by atoms with E-state index in [2.05, 4.69) is 281 Å². The molecular formula is C69H45BN4S3. The molecule has 77 heavy (non-hydrogen) atoms. The van der Waals surface area contributed by atoms with Gasteiger partial charge in [0, 0.05) is 97.2 Å². The summed E-state index contributed by atoms with van der Waals surface area (Å²) in [5.74, 6) is 0. The highest BCUT2D eigenvalue weighted by molar-refractivity contribution is 8.05. The fourth-order valence-electron chi connectivity index (χ4n) is 12.4. The molecule has 0 amide bonds. The van der Waals surface area contributed by atoms with Gasteiger partial charge in [-0.05, 0) is 144 Å². The summed E-state index contributed by atoms with van der Waals surface area (Å²) < 4.78 is 5.36. The Kier molecular flexibility index (Phi) is 10.3. The number of thiophene rings is 1. The van der Waals surface area contributed by atoms with E-state index in [9.17, 15) is 0 Å². The number of fused-ring (bicyclic) bond motifs is 11. The molecule has 5 heterocycles. The second kappa shape index (κ2) is 17.7. The highest BCUT2D eigenvalue weighted by Crippen LogP contribution is 2.56. The van der Waals surface area contributed by atoms with Crippen LogP contribution < -0.4 is 25.6 Å². The third-order valence-corrected chi connectivity index (χ3v) is 19.3. The first-order chi connectivity index (χ1) is 38.1. The molecule has 2 aromatic heterocycles.